The number of hydrogen-bond donors (Lipinski definition) is 1. The summed E-state index contributed by atoms with van der Waals surface area (Å²) >= 11 is 0. The lowest BCUT2D eigenvalue weighted by atomic mass is 10.1. The number of carbonyl (C=O) groups excluding carboxylic acids is 1. The molecule has 30 heavy (non-hydrogen) atoms. The number of ether oxygens (including phenoxy) is 1. The molecule has 0 unspecified atom stereocenters. The van der Waals surface area contributed by atoms with Gasteiger partial charge >= 0.3 is 6.61 Å². The van der Waals surface area contributed by atoms with Gasteiger partial charge in [0, 0.05) is 29.9 Å². The zero-order chi connectivity index (χ0) is 21.9. The van der Waals surface area contributed by atoms with Crippen molar-refractivity contribution in [3.8, 4) is 5.75 Å². The second-order valence-electron chi connectivity index (χ2n) is 7.21. The van der Waals surface area contributed by atoms with Crippen molar-refractivity contribution in [3.63, 3.8) is 0 Å². The highest BCUT2D eigenvalue weighted by Gasteiger charge is 2.28. The topological polar surface area (TPSA) is 75.7 Å². The minimum atomic E-state index is -3.70. The van der Waals surface area contributed by atoms with Crippen molar-refractivity contribution >= 4 is 21.6 Å². The number of benzene rings is 2. The molecular formula is C21H24F2N2O4S. The van der Waals surface area contributed by atoms with Crippen LogP contribution >= 0.6 is 0 Å². The van der Waals surface area contributed by atoms with E-state index in [1.54, 1.807) is 26.0 Å². The molecule has 162 valence electrons. The Kier molecular flexibility index (Phi) is 6.72. The summed E-state index contributed by atoms with van der Waals surface area (Å²) in [6.07, 6.45) is 2.63. The van der Waals surface area contributed by atoms with Crippen LogP contribution in [0, 0.1) is 13.8 Å². The predicted molar refractivity (Wildman–Crippen MR) is 110 cm³/mol. The van der Waals surface area contributed by atoms with Gasteiger partial charge in [0.15, 0.2) is 0 Å². The second kappa shape index (κ2) is 9.09. The van der Waals surface area contributed by atoms with Crippen molar-refractivity contribution in [3.05, 3.63) is 53.1 Å². The summed E-state index contributed by atoms with van der Waals surface area (Å²) < 4.78 is 57.1. The first kappa shape index (κ1) is 22.2. The third-order valence-corrected chi connectivity index (χ3v) is 7.17. The summed E-state index contributed by atoms with van der Waals surface area (Å²) in [6, 6.07) is 8.92. The number of hydrogen-bond acceptors (Lipinski definition) is 4. The Bertz CT molecular complexity index is 1040. The van der Waals surface area contributed by atoms with Gasteiger partial charge in [-0.05, 0) is 56.5 Å². The van der Waals surface area contributed by atoms with E-state index < -0.39 is 22.5 Å². The Morgan fingerprint density at radius 3 is 2.47 bits per heavy atom. The van der Waals surface area contributed by atoms with E-state index in [-0.39, 0.29) is 16.2 Å². The SMILES string of the molecule is Cc1ccc(C(=O)Nc2cccc(OC(F)F)c2C)cc1S(=O)(=O)N1CCCCC1. The molecule has 1 aliphatic heterocycles. The summed E-state index contributed by atoms with van der Waals surface area (Å²) in [5.41, 5.74) is 1.37. The summed E-state index contributed by atoms with van der Waals surface area (Å²) in [5.74, 6) is -0.581. The number of sulfonamides is 1. The van der Waals surface area contributed by atoms with Gasteiger partial charge in [-0.15, -0.1) is 0 Å². The van der Waals surface area contributed by atoms with Gasteiger partial charge in [-0.1, -0.05) is 18.6 Å². The maximum absolute atomic E-state index is 13.0. The Morgan fingerprint density at radius 1 is 1.10 bits per heavy atom. The molecule has 2 aromatic carbocycles. The largest absolute Gasteiger partial charge is 0.434 e. The Labute approximate surface area is 174 Å². The van der Waals surface area contributed by atoms with Crippen molar-refractivity contribution in [1.82, 2.24) is 4.31 Å². The van der Waals surface area contributed by atoms with Crippen LogP contribution in [0.25, 0.3) is 0 Å². The van der Waals surface area contributed by atoms with Gasteiger partial charge in [-0.2, -0.15) is 13.1 Å². The highest BCUT2D eigenvalue weighted by Crippen LogP contribution is 2.28. The lowest BCUT2D eigenvalue weighted by Gasteiger charge is -2.26. The third kappa shape index (κ3) is 4.79. The highest BCUT2D eigenvalue weighted by molar-refractivity contribution is 7.89. The van der Waals surface area contributed by atoms with Crippen molar-refractivity contribution in [2.75, 3.05) is 18.4 Å². The quantitative estimate of drug-likeness (QED) is 0.728. The number of amides is 1. The monoisotopic (exact) mass is 438 g/mol. The number of nitrogens with zero attached hydrogens (tertiary/aromatic N) is 1. The smallest absolute Gasteiger partial charge is 0.387 e. The number of rotatable bonds is 6. The van der Waals surface area contributed by atoms with Crippen LogP contribution in [0.3, 0.4) is 0 Å². The van der Waals surface area contributed by atoms with Crippen LogP contribution < -0.4 is 10.1 Å². The number of carbonyl (C=O) groups is 1. The van der Waals surface area contributed by atoms with E-state index in [9.17, 15) is 22.0 Å². The van der Waals surface area contributed by atoms with Crippen LogP contribution in [0.2, 0.25) is 0 Å². The fourth-order valence-electron chi connectivity index (χ4n) is 3.43. The van der Waals surface area contributed by atoms with Gasteiger partial charge in [-0.25, -0.2) is 8.42 Å². The second-order valence-corrected chi connectivity index (χ2v) is 9.11. The number of aryl methyl sites for hydroxylation is 1. The summed E-state index contributed by atoms with van der Waals surface area (Å²) in [5, 5.41) is 2.65. The molecule has 1 saturated heterocycles. The number of piperidine rings is 1. The molecule has 1 N–H and O–H groups in total. The third-order valence-electron chi connectivity index (χ3n) is 5.13. The van der Waals surface area contributed by atoms with Crippen LogP contribution in [0.1, 0.15) is 40.7 Å². The van der Waals surface area contributed by atoms with E-state index in [2.05, 4.69) is 10.1 Å². The molecule has 0 aliphatic carbocycles. The lowest BCUT2D eigenvalue weighted by Crippen LogP contribution is -2.36. The maximum atomic E-state index is 13.0. The number of nitrogens with one attached hydrogen (secondary N) is 1. The van der Waals surface area contributed by atoms with Gasteiger partial charge in [0.25, 0.3) is 5.91 Å². The Morgan fingerprint density at radius 2 is 1.80 bits per heavy atom. The molecule has 1 aliphatic rings. The molecule has 1 amide bonds. The molecule has 3 rings (SSSR count). The van der Waals surface area contributed by atoms with Crippen LogP contribution in [0.4, 0.5) is 14.5 Å². The molecule has 0 aromatic heterocycles. The Hall–Kier alpha value is -2.52. The lowest BCUT2D eigenvalue weighted by molar-refractivity contribution is -0.0502. The van der Waals surface area contributed by atoms with Crippen molar-refractivity contribution < 1.29 is 26.7 Å². The predicted octanol–water partition coefficient (Wildman–Crippen LogP) is 4.33. The van der Waals surface area contributed by atoms with Gasteiger partial charge in [0.2, 0.25) is 10.0 Å². The minimum Gasteiger partial charge on any atom is -0.434 e. The van der Waals surface area contributed by atoms with Gasteiger partial charge in [-0.3, -0.25) is 4.79 Å². The van der Waals surface area contributed by atoms with Crippen molar-refractivity contribution in [2.24, 2.45) is 0 Å². The number of anilines is 1. The average Bonchev–Trinajstić information content (AvgIpc) is 2.71. The van der Waals surface area contributed by atoms with E-state index in [4.69, 9.17) is 0 Å². The minimum absolute atomic E-state index is 0.0416. The Balaban J connectivity index is 1.87. The molecule has 0 spiro atoms. The normalized spacial score (nSPS) is 15.2. The van der Waals surface area contributed by atoms with Crippen LogP contribution in [0.15, 0.2) is 41.3 Å². The van der Waals surface area contributed by atoms with E-state index in [1.807, 2.05) is 0 Å². The zero-order valence-electron chi connectivity index (χ0n) is 16.8. The molecule has 0 saturated carbocycles. The number of alkyl halides is 2. The molecule has 0 atom stereocenters. The van der Waals surface area contributed by atoms with E-state index >= 15 is 0 Å². The van der Waals surface area contributed by atoms with Gasteiger partial charge < -0.3 is 10.1 Å². The van der Waals surface area contributed by atoms with E-state index in [0.717, 1.165) is 19.3 Å². The number of halogens is 2. The first-order valence-electron chi connectivity index (χ1n) is 9.66. The first-order valence-corrected chi connectivity index (χ1v) is 11.1. The van der Waals surface area contributed by atoms with Crippen LogP contribution in [-0.4, -0.2) is 38.3 Å². The van der Waals surface area contributed by atoms with Gasteiger partial charge in [0.1, 0.15) is 5.75 Å². The maximum Gasteiger partial charge on any atom is 0.387 e. The summed E-state index contributed by atoms with van der Waals surface area (Å²) in [4.78, 5) is 12.9. The van der Waals surface area contributed by atoms with E-state index in [0.29, 0.717) is 29.9 Å². The summed E-state index contributed by atoms with van der Waals surface area (Å²) in [7, 11) is -3.70. The molecular weight excluding hydrogens is 414 g/mol. The van der Waals surface area contributed by atoms with Crippen LogP contribution in [-0.2, 0) is 10.0 Å². The first-order chi connectivity index (χ1) is 14.2. The molecule has 0 bridgehead atoms. The fourth-order valence-corrected chi connectivity index (χ4v) is 5.20. The van der Waals surface area contributed by atoms with E-state index in [1.165, 1.54) is 28.6 Å². The molecule has 1 fully saturated rings. The highest BCUT2D eigenvalue weighted by atomic mass is 32.2. The molecule has 9 heteroatoms. The zero-order valence-corrected chi connectivity index (χ0v) is 17.6. The van der Waals surface area contributed by atoms with Crippen LogP contribution in [0.5, 0.6) is 5.75 Å². The molecule has 1 heterocycles. The standard InChI is InChI=1S/C21H24F2N2O4S/c1-14-9-10-16(13-19(14)30(27,28)25-11-4-3-5-12-25)20(26)24-17-7-6-8-18(15(17)2)29-21(22)23/h6-10,13,21H,3-5,11-12H2,1-2H3,(H,24,26). The molecule has 6 nitrogen and oxygen atoms in total. The summed E-state index contributed by atoms with van der Waals surface area (Å²) in [6.45, 7) is 1.19. The molecule has 0 radical (unpaired) electrons. The average molecular weight is 438 g/mol. The molecule has 2 aromatic rings. The van der Waals surface area contributed by atoms with Crippen molar-refractivity contribution in [2.45, 2.75) is 44.6 Å². The van der Waals surface area contributed by atoms with Crippen molar-refractivity contribution in [1.29, 1.82) is 0 Å². The fraction of sp³-hybridized carbons (Fsp3) is 0.381. The van der Waals surface area contributed by atoms with Gasteiger partial charge in [0.05, 0.1) is 4.90 Å².